The summed E-state index contributed by atoms with van der Waals surface area (Å²) >= 11 is 1.70. The molecule has 0 saturated carbocycles. The first-order chi connectivity index (χ1) is 10.7. The molecule has 2 rings (SSSR count). The lowest BCUT2D eigenvalue weighted by molar-refractivity contribution is -0.117. The minimum atomic E-state index is -0.507. The van der Waals surface area contributed by atoms with E-state index in [0.29, 0.717) is 11.8 Å². The van der Waals surface area contributed by atoms with E-state index in [9.17, 15) is 4.79 Å². The average Bonchev–Trinajstić information content (AvgIpc) is 2.95. The predicted molar refractivity (Wildman–Crippen MR) is 93.9 cm³/mol. The molecule has 0 bridgehead atoms. The SMILES string of the molecule is CC(C)(SCC1CCOCC1)C(=O)Nc1cc(C(C)(C)C)no1. The number of nitrogens with one attached hydrogen (secondary N) is 1. The van der Waals surface area contributed by atoms with Crippen molar-refractivity contribution in [3.63, 3.8) is 0 Å². The first kappa shape index (κ1) is 18.3. The monoisotopic (exact) mass is 340 g/mol. The van der Waals surface area contributed by atoms with E-state index < -0.39 is 4.75 Å². The van der Waals surface area contributed by atoms with E-state index in [4.69, 9.17) is 9.26 Å². The molecule has 0 aliphatic carbocycles. The fourth-order valence-corrected chi connectivity index (χ4v) is 3.42. The van der Waals surface area contributed by atoms with Gasteiger partial charge in [0.2, 0.25) is 11.8 Å². The molecule has 0 aromatic carbocycles. The van der Waals surface area contributed by atoms with Gasteiger partial charge in [-0.2, -0.15) is 0 Å². The molecule has 130 valence electrons. The Labute approximate surface area is 142 Å². The van der Waals surface area contributed by atoms with E-state index in [1.807, 2.05) is 13.8 Å². The molecule has 1 fully saturated rings. The summed E-state index contributed by atoms with van der Waals surface area (Å²) in [6.07, 6.45) is 2.17. The van der Waals surface area contributed by atoms with Crippen molar-refractivity contribution in [1.82, 2.24) is 5.16 Å². The lowest BCUT2D eigenvalue weighted by Crippen LogP contribution is -2.35. The van der Waals surface area contributed by atoms with Gasteiger partial charge in [-0.05, 0) is 38.4 Å². The molecule has 6 heteroatoms. The van der Waals surface area contributed by atoms with Gasteiger partial charge in [-0.1, -0.05) is 25.9 Å². The highest BCUT2D eigenvalue weighted by molar-refractivity contribution is 8.01. The third-order valence-corrected chi connectivity index (χ3v) is 5.63. The van der Waals surface area contributed by atoms with Gasteiger partial charge in [0.15, 0.2) is 0 Å². The Hall–Kier alpha value is -1.01. The van der Waals surface area contributed by atoms with E-state index in [2.05, 4.69) is 31.2 Å². The van der Waals surface area contributed by atoms with Crippen LogP contribution in [-0.2, 0) is 14.9 Å². The van der Waals surface area contributed by atoms with Crippen molar-refractivity contribution in [1.29, 1.82) is 0 Å². The second-order valence-corrected chi connectivity index (χ2v) is 9.30. The number of amides is 1. The molecule has 0 unspecified atom stereocenters. The van der Waals surface area contributed by atoms with E-state index in [1.165, 1.54) is 0 Å². The van der Waals surface area contributed by atoms with Crippen LogP contribution in [0.5, 0.6) is 0 Å². The Balaban J connectivity index is 1.88. The maximum absolute atomic E-state index is 12.5. The zero-order chi connectivity index (χ0) is 17.1. The van der Waals surface area contributed by atoms with Crippen LogP contribution in [0.2, 0.25) is 0 Å². The molecular formula is C17H28N2O3S. The number of hydrogen-bond donors (Lipinski definition) is 1. The van der Waals surface area contributed by atoms with Crippen LogP contribution in [0, 0.1) is 5.92 Å². The second-order valence-electron chi connectivity index (χ2n) is 7.66. The maximum atomic E-state index is 12.5. The van der Waals surface area contributed by atoms with Gasteiger partial charge in [-0.3, -0.25) is 10.1 Å². The average molecular weight is 340 g/mol. The number of thioether (sulfide) groups is 1. The molecule has 0 atom stereocenters. The van der Waals surface area contributed by atoms with Crippen LogP contribution in [0.3, 0.4) is 0 Å². The Bertz CT molecular complexity index is 528. The summed E-state index contributed by atoms with van der Waals surface area (Å²) in [4.78, 5) is 12.5. The molecule has 1 aromatic heterocycles. The minimum Gasteiger partial charge on any atom is -0.381 e. The molecular weight excluding hydrogens is 312 g/mol. The summed E-state index contributed by atoms with van der Waals surface area (Å²) in [5.41, 5.74) is 0.736. The molecule has 23 heavy (non-hydrogen) atoms. The van der Waals surface area contributed by atoms with Crippen LogP contribution in [-0.4, -0.2) is 34.8 Å². The van der Waals surface area contributed by atoms with Crippen molar-refractivity contribution in [3.8, 4) is 0 Å². The zero-order valence-electron chi connectivity index (χ0n) is 14.8. The summed E-state index contributed by atoms with van der Waals surface area (Å²) in [6.45, 7) is 11.8. The van der Waals surface area contributed by atoms with Crippen molar-refractivity contribution in [2.75, 3.05) is 24.3 Å². The molecule has 1 aliphatic heterocycles. The first-order valence-electron chi connectivity index (χ1n) is 8.19. The van der Waals surface area contributed by atoms with E-state index in [0.717, 1.165) is 37.5 Å². The summed E-state index contributed by atoms with van der Waals surface area (Å²) in [6, 6.07) is 1.80. The maximum Gasteiger partial charge on any atom is 0.242 e. The number of ether oxygens (including phenoxy) is 1. The Morgan fingerprint density at radius 2 is 1.96 bits per heavy atom. The molecule has 5 nitrogen and oxygen atoms in total. The van der Waals surface area contributed by atoms with Crippen LogP contribution < -0.4 is 5.32 Å². The molecule has 0 spiro atoms. The van der Waals surface area contributed by atoms with E-state index in [1.54, 1.807) is 17.8 Å². The lowest BCUT2D eigenvalue weighted by Gasteiger charge is -2.27. The highest BCUT2D eigenvalue weighted by atomic mass is 32.2. The Morgan fingerprint density at radius 3 is 2.52 bits per heavy atom. The van der Waals surface area contributed by atoms with Crippen molar-refractivity contribution < 1.29 is 14.1 Å². The standard InChI is InChI=1S/C17H28N2O3S/c1-16(2,3)13-10-14(22-19-13)18-15(20)17(4,5)23-11-12-6-8-21-9-7-12/h10,12H,6-9,11H2,1-5H3,(H,18,20). The quantitative estimate of drug-likeness (QED) is 0.882. The molecule has 1 aromatic rings. The highest BCUT2D eigenvalue weighted by Gasteiger charge is 2.31. The fraction of sp³-hybridized carbons (Fsp3) is 0.765. The second kappa shape index (κ2) is 7.26. The van der Waals surface area contributed by atoms with Crippen molar-refractivity contribution in [3.05, 3.63) is 11.8 Å². The number of rotatable bonds is 5. The number of nitrogens with zero attached hydrogens (tertiary/aromatic N) is 1. The normalized spacial score (nSPS) is 17.3. The number of aromatic nitrogens is 1. The van der Waals surface area contributed by atoms with Gasteiger partial charge in [-0.25, -0.2) is 0 Å². The lowest BCUT2D eigenvalue weighted by atomic mass is 9.92. The van der Waals surface area contributed by atoms with Crippen LogP contribution in [0.25, 0.3) is 0 Å². The molecule has 1 saturated heterocycles. The van der Waals surface area contributed by atoms with Crippen LogP contribution in [0.1, 0.15) is 53.2 Å². The molecule has 2 heterocycles. The van der Waals surface area contributed by atoms with Crippen LogP contribution >= 0.6 is 11.8 Å². The smallest absolute Gasteiger partial charge is 0.242 e. The zero-order valence-corrected chi connectivity index (χ0v) is 15.6. The van der Waals surface area contributed by atoms with Gasteiger partial charge in [-0.15, -0.1) is 11.8 Å². The van der Waals surface area contributed by atoms with Gasteiger partial charge in [0.25, 0.3) is 0 Å². The minimum absolute atomic E-state index is 0.0498. The van der Waals surface area contributed by atoms with Gasteiger partial charge in [0, 0.05) is 24.7 Å². The predicted octanol–water partition coefficient (Wildman–Crippen LogP) is 3.85. The third kappa shape index (κ3) is 5.24. The van der Waals surface area contributed by atoms with Gasteiger partial charge in [0.05, 0.1) is 10.4 Å². The summed E-state index contributed by atoms with van der Waals surface area (Å²) < 4.78 is 10.1. The van der Waals surface area contributed by atoms with Gasteiger partial charge >= 0.3 is 0 Å². The topological polar surface area (TPSA) is 64.4 Å². The van der Waals surface area contributed by atoms with Crippen molar-refractivity contribution in [2.24, 2.45) is 5.92 Å². The number of anilines is 1. The Kier molecular flexibility index (Phi) is 5.79. The van der Waals surface area contributed by atoms with E-state index in [-0.39, 0.29) is 11.3 Å². The van der Waals surface area contributed by atoms with Gasteiger partial charge < -0.3 is 9.26 Å². The largest absolute Gasteiger partial charge is 0.381 e. The number of carbonyl (C=O) groups excluding carboxylic acids is 1. The summed E-state index contributed by atoms with van der Waals surface area (Å²) in [5, 5.41) is 6.88. The fourth-order valence-electron chi connectivity index (χ4n) is 2.25. The third-order valence-electron chi connectivity index (χ3n) is 4.08. The van der Waals surface area contributed by atoms with Crippen LogP contribution in [0.15, 0.2) is 10.6 Å². The van der Waals surface area contributed by atoms with Crippen molar-refractivity contribution >= 4 is 23.6 Å². The highest BCUT2D eigenvalue weighted by Crippen LogP contribution is 2.31. The Morgan fingerprint density at radius 1 is 1.30 bits per heavy atom. The molecule has 1 N–H and O–H groups in total. The first-order valence-corrected chi connectivity index (χ1v) is 9.17. The molecule has 1 amide bonds. The summed E-state index contributed by atoms with van der Waals surface area (Å²) in [5.74, 6) is 1.98. The van der Waals surface area contributed by atoms with Crippen molar-refractivity contribution in [2.45, 2.75) is 57.6 Å². The molecule has 0 radical (unpaired) electrons. The summed E-state index contributed by atoms with van der Waals surface area (Å²) in [7, 11) is 0. The number of carbonyl (C=O) groups is 1. The van der Waals surface area contributed by atoms with Gasteiger partial charge in [0.1, 0.15) is 0 Å². The number of hydrogen-bond acceptors (Lipinski definition) is 5. The van der Waals surface area contributed by atoms with Crippen LogP contribution in [0.4, 0.5) is 5.88 Å². The molecule has 1 aliphatic rings. The van der Waals surface area contributed by atoms with E-state index >= 15 is 0 Å².